The van der Waals surface area contributed by atoms with Crippen molar-refractivity contribution in [1.29, 1.82) is 0 Å². The molecule has 1 aliphatic heterocycles. The van der Waals surface area contributed by atoms with Gasteiger partial charge in [-0.3, -0.25) is 4.79 Å². The van der Waals surface area contributed by atoms with Gasteiger partial charge in [0.1, 0.15) is 5.60 Å². The summed E-state index contributed by atoms with van der Waals surface area (Å²) in [6.07, 6.45) is 0. The first-order valence-corrected chi connectivity index (χ1v) is 7.62. The molecule has 1 aliphatic carbocycles. The lowest BCUT2D eigenvalue weighted by atomic mass is 9.79. The Bertz CT molecular complexity index is 787. The fourth-order valence-corrected chi connectivity index (χ4v) is 3.85. The van der Waals surface area contributed by atoms with Gasteiger partial charge in [0.2, 0.25) is 5.78 Å². The van der Waals surface area contributed by atoms with E-state index in [0.29, 0.717) is 5.56 Å². The van der Waals surface area contributed by atoms with E-state index in [0.717, 1.165) is 11.1 Å². The number of Topliss-reactive ketones (excluding diaryl/α,β-unsaturated/α-hetero) is 1. The Morgan fingerprint density at radius 3 is 2.26 bits per heavy atom. The van der Waals surface area contributed by atoms with Gasteiger partial charge >= 0.3 is 0 Å². The van der Waals surface area contributed by atoms with E-state index in [-0.39, 0.29) is 5.78 Å². The Morgan fingerprint density at radius 2 is 1.57 bits per heavy atom. The molecule has 0 spiro atoms. The van der Waals surface area contributed by atoms with Gasteiger partial charge in [-0.05, 0) is 18.1 Å². The quantitative estimate of drug-likeness (QED) is 0.853. The molecular formula is C19H18O4. The summed E-state index contributed by atoms with van der Waals surface area (Å²) in [5.41, 5.74) is 0.0336. The molecule has 0 aromatic heterocycles. The van der Waals surface area contributed by atoms with Gasteiger partial charge in [0.15, 0.2) is 5.60 Å². The molecular weight excluding hydrogens is 292 g/mol. The van der Waals surface area contributed by atoms with Gasteiger partial charge < -0.3 is 14.2 Å². The van der Waals surface area contributed by atoms with E-state index in [1.54, 1.807) is 6.92 Å². The van der Waals surface area contributed by atoms with Crippen molar-refractivity contribution in [3.8, 4) is 0 Å². The minimum atomic E-state index is -1.28. The third-order valence-electron chi connectivity index (χ3n) is 4.96. The van der Waals surface area contributed by atoms with Crippen LogP contribution in [0.3, 0.4) is 0 Å². The van der Waals surface area contributed by atoms with E-state index in [2.05, 4.69) is 0 Å². The number of methoxy groups -OCH3 is 1. The highest BCUT2D eigenvalue weighted by Crippen LogP contribution is 2.61. The van der Waals surface area contributed by atoms with Crippen LogP contribution in [0.5, 0.6) is 0 Å². The van der Waals surface area contributed by atoms with Gasteiger partial charge in [0, 0.05) is 19.6 Å². The van der Waals surface area contributed by atoms with E-state index in [4.69, 9.17) is 14.2 Å². The van der Waals surface area contributed by atoms with Gasteiger partial charge in [-0.25, -0.2) is 0 Å². The predicted molar refractivity (Wildman–Crippen MR) is 83.8 cm³/mol. The minimum Gasteiger partial charge on any atom is -0.331 e. The largest absolute Gasteiger partial charge is 0.331 e. The molecule has 1 heterocycles. The van der Waals surface area contributed by atoms with E-state index < -0.39 is 17.2 Å². The maximum absolute atomic E-state index is 13.3. The molecule has 0 radical (unpaired) electrons. The molecule has 4 heteroatoms. The van der Waals surface area contributed by atoms with Gasteiger partial charge in [-0.1, -0.05) is 54.6 Å². The van der Waals surface area contributed by atoms with Gasteiger partial charge in [0.25, 0.3) is 5.97 Å². The summed E-state index contributed by atoms with van der Waals surface area (Å²) >= 11 is 0. The Morgan fingerprint density at radius 1 is 0.913 bits per heavy atom. The molecule has 2 aromatic carbocycles. The zero-order chi connectivity index (χ0) is 16.3. The molecule has 23 heavy (non-hydrogen) atoms. The van der Waals surface area contributed by atoms with Crippen LogP contribution in [0.4, 0.5) is 0 Å². The number of hydrogen-bond donors (Lipinski definition) is 0. The van der Waals surface area contributed by atoms with E-state index >= 15 is 0 Å². The highest BCUT2D eigenvalue weighted by molar-refractivity contribution is 6.09. The van der Waals surface area contributed by atoms with Crippen molar-refractivity contribution in [3.63, 3.8) is 0 Å². The highest BCUT2D eigenvalue weighted by Gasteiger charge is 2.72. The first kappa shape index (κ1) is 14.6. The van der Waals surface area contributed by atoms with Crippen LogP contribution in [0.1, 0.15) is 35.3 Å². The van der Waals surface area contributed by atoms with Crippen LogP contribution in [-0.4, -0.2) is 18.9 Å². The van der Waals surface area contributed by atoms with Crippen molar-refractivity contribution in [2.24, 2.45) is 0 Å². The zero-order valence-electron chi connectivity index (χ0n) is 13.3. The standard InChI is InChI=1S/C19H18O4/c1-17-15-12-8-7-11-14(15)16(20)19(17,13-9-5-4-6-10-13)23-18(2,21-3)22-17/h4-12H,1-3H3/t17-,18-,19+/m0/s1. The lowest BCUT2D eigenvalue weighted by Crippen LogP contribution is -2.45. The molecule has 2 aromatic rings. The molecule has 4 nitrogen and oxygen atoms in total. The molecule has 1 fully saturated rings. The number of ketones is 1. The Hall–Kier alpha value is -2.01. The summed E-state index contributed by atoms with van der Waals surface area (Å²) < 4.78 is 17.8. The third-order valence-corrected chi connectivity index (χ3v) is 4.96. The molecule has 2 aliphatic rings. The van der Waals surface area contributed by atoms with Gasteiger partial charge in [-0.2, -0.15) is 0 Å². The molecule has 118 valence electrons. The number of carbonyl (C=O) groups is 1. The van der Waals surface area contributed by atoms with Crippen molar-refractivity contribution < 1.29 is 19.0 Å². The summed E-state index contributed by atoms with van der Waals surface area (Å²) in [5, 5.41) is 0. The topological polar surface area (TPSA) is 44.8 Å². The van der Waals surface area contributed by atoms with E-state index in [1.807, 2.05) is 61.5 Å². The smallest absolute Gasteiger partial charge is 0.282 e. The van der Waals surface area contributed by atoms with Crippen LogP contribution in [0, 0.1) is 0 Å². The SMILES string of the molecule is CO[C@@]1(C)O[C@@]2(C)c3ccccc3C(=O)[C@@]2(c2ccccc2)O1. The molecule has 3 atom stereocenters. The molecule has 1 saturated heterocycles. The van der Waals surface area contributed by atoms with E-state index in [9.17, 15) is 4.79 Å². The second-order valence-corrected chi connectivity index (χ2v) is 6.23. The normalized spacial score (nSPS) is 35.2. The number of hydrogen-bond acceptors (Lipinski definition) is 4. The lowest BCUT2D eigenvalue weighted by Gasteiger charge is -2.33. The van der Waals surface area contributed by atoms with Crippen LogP contribution >= 0.6 is 0 Å². The average molecular weight is 310 g/mol. The number of fused-ring (bicyclic) bond motifs is 3. The van der Waals surface area contributed by atoms with Crippen LogP contribution < -0.4 is 0 Å². The summed E-state index contributed by atoms with van der Waals surface area (Å²) in [7, 11) is 1.51. The fraction of sp³-hybridized carbons (Fsp3) is 0.316. The molecule has 4 rings (SSSR count). The summed E-state index contributed by atoms with van der Waals surface area (Å²) in [6, 6.07) is 17.0. The molecule has 0 unspecified atom stereocenters. The lowest BCUT2D eigenvalue weighted by molar-refractivity contribution is -0.330. The predicted octanol–water partition coefficient (Wildman–Crippen LogP) is 3.36. The number of ether oxygens (including phenoxy) is 3. The first-order valence-electron chi connectivity index (χ1n) is 7.62. The molecule has 0 N–H and O–H groups in total. The van der Waals surface area contributed by atoms with Crippen LogP contribution in [0.15, 0.2) is 54.6 Å². The third kappa shape index (κ3) is 1.63. The maximum Gasteiger partial charge on any atom is 0.282 e. The van der Waals surface area contributed by atoms with Crippen LogP contribution in [0.2, 0.25) is 0 Å². The Kier molecular flexibility index (Phi) is 2.86. The average Bonchev–Trinajstić information content (AvgIpc) is 2.94. The van der Waals surface area contributed by atoms with Crippen molar-refractivity contribution in [1.82, 2.24) is 0 Å². The van der Waals surface area contributed by atoms with Gasteiger partial charge in [-0.15, -0.1) is 0 Å². The van der Waals surface area contributed by atoms with Crippen LogP contribution in [0.25, 0.3) is 0 Å². The van der Waals surface area contributed by atoms with Crippen molar-refractivity contribution in [2.45, 2.75) is 31.0 Å². The second-order valence-electron chi connectivity index (χ2n) is 6.23. The summed E-state index contributed by atoms with van der Waals surface area (Å²) in [5.74, 6) is -1.38. The van der Waals surface area contributed by atoms with Gasteiger partial charge in [0.05, 0.1) is 0 Å². The first-order chi connectivity index (χ1) is 11.0. The Balaban J connectivity index is 2.03. The number of carbonyl (C=O) groups excluding carboxylic acids is 1. The summed E-state index contributed by atoms with van der Waals surface area (Å²) in [4.78, 5) is 13.3. The maximum atomic E-state index is 13.3. The minimum absolute atomic E-state index is 0.0948. The summed E-state index contributed by atoms with van der Waals surface area (Å²) in [6.45, 7) is 3.59. The van der Waals surface area contributed by atoms with E-state index in [1.165, 1.54) is 7.11 Å². The molecule has 0 amide bonds. The number of benzene rings is 2. The van der Waals surface area contributed by atoms with Crippen molar-refractivity contribution in [2.75, 3.05) is 7.11 Å². The van der Waals surface area contributed by atoms with Crippen molar-refractivity contribution >= 4 is 5.78 Å². The monoisotopic (exact) mass is 310 g/mol. The number of rotatable bonds is 2. The second kappa shape index (κ2) is 4.51. The highest BCUT2D eigenvalue weighted by atomic mass is 16.9. The zero-order valence-corrected chi connectivity index (χ0v) is 13.3. The molecule has 0 bridgehead atoms. The Labute approximate surface area is 135 Å². The van der Waals surface area contributed by atoms with Crippen molar-refractivity contribution in [3.05, 3.63) is 71.3 Å². The molecule has 0 saturated carbocycles. The fourth-order valence-electron chi connectivity index (χ4n) is 3.85. The van der Waals surface area contributed by atoms with Crippen LogP contribution in [-0.2, 0) is 25.4 Å².